The number of ether oxygens (including phenoxy) is 2. The quantitative estimate of drug-likeness (QED) is 0.814. The summed E-state index contributed by atoms with van der Waals surface area (Å²) >= 11 is 0. The molecule has 2 atom stereocenters. The molecule has 0 radical (unpaired) electrons. The summed E-state index contributed by atoms with van der Waals surface area (Å²) in [5.74, 6) is 0.0544. The Morgan fingerprint density at radius 2 is 2.15 bits per heavy atom. The Hall–Kier alpha value is -2.18. The average Bonchev–Trinajstić information content (AvgIpc) is 3.15. The van der Waals surface area contributed by atoms with Crippen molar-refractivity contribution in [2.45, 2.75) is 51.7 Å². The van der Waals surface area contributed by atoms with Gasteiger partial charge in [-0.05, 0) is 38.2 Å². The number of carbonyl (C=O) groups is 1. The molecular formula is C20H26N2O4. The molecule has 1 aromatic heterocycles. The molecule has 0 spiro atoms. The minimum absolute atomic E-state index is 0.0852. The number of benzene rings is 1. The smallest absolute Gasteiger partial charge is 0.255 e. The van der Waals surface area contributed by atoms with Crippen LogP contribution in [0, 0.1) is 0 Å². The number of aryl methyl sites for hydroxylation is 1. The van der Waals surface area contributed by atoms with Crippen LogP contribution in [-0.4, -0.2) is 36.5 Å². The number of rotatable bonds is 7. The predicted octanol–water partition coefficient (Wildman–Crippen LogP) is 3.82. The van der Waals surface area contributed by atoms with E-state index in [0.717, 1.165) is 37.9 Å². The summed E-state index contributed by atoms with van der Waals surface area (Å²) in [5.41, 5.74) is 2.90. The van der Waals surface area contributed by atoms with Crippen molar-refractivity contribution >= 4 is 11.8 Å². The van der Waals surface area contributed by atoms with Crippen LogP contribution in [0.4, 0.5) is 5.88 Å². The van der Waals surface area contributed by atoms with Crippen molar-refractivity contribution in [3.63, 3.8) is 0 Å². The van der Waals surface area contributed by atoms with E-state index in [4.69, 9.17) is 14.0 Å². The summed E-state index contributed by atoms with van der Waals surface area (Å²) in [4.78, 5) is 12.2. The van der Waals surface area contributed by atoms with Crippen LogP contribution in [0.2, 0.25) is 0 Å². The Bertz CT molecular complexity index is 705. The first-order valence-electron chi connectivity index (χ1n) is 9.26. The van der Waals surface area contributed by atoms with Gasteiger partial charge in [-0.1, -0.05) is 36.3 Å². The Kier molecular flexibility index (Phi) is 6.41. The van der Waals surface area contributed by atoms with E-state index in [1.807, 2.05) is 12.1 Å². The zero-order chi connectivity index (χ0) is 18.4. The predicted molar refractivity (Wildman–Crippen MR) is 99.0 cm³/mol. The second-order valence-electron chi connectivity index (χ2n) is 6.58. The standard InChI is InChI=1S/C20H26N2O4/c1-3-15-7-9-16(10-8-15)18-12-19(26-22-18)21-20(23)14(2)25-13-17-6-4-5-11-24-17/h7-10,12,14,17H,3-6,11,13H2,1-2H3,(H,21,23). The number of aromatic nitrogens is 1. The van der Waals surface area contributed by atoms with Crippen molar-refractivity contribution in [1.29, 1.82) is 0 Å². The molecule has 1 N–H and O–H groups in total. The van der Waals surface area contributed by atoms with Crippen LogP contribution in [0.15, 0.2) is 34.9 Å². The van der Waals surface area contributed by atoms with Gasteiger partial charge in [-0.15, -0.1) is 0 Å². The van der Waals surface area contributed by atoms with Crippen LogP contribution in [0.1, 0.15) is 38.7 Å². The SMILES string of the molecule is CCc1ccc(-c2cc(NC(=O)C(C)OCC3CCCCO3)on2)cc1. The molecule has 1 aliphatic heterocycles. The Morgan fingerprint density at radius 3 is 2.85 bits per heavy atom. The zero-order valence-electron chi connectivity index (χ0n) is 15.4. The van der Waals surface area contributed by atoms with Gasteiger partial charge in [-0.2, -0.15) is 0 Å². The number of carbonyl (C=O) groups excluding carboxylic acids is 1. The van der Waals surface area contributed by atoms with E-state index >= 15 is 0 Å². The van der Waals surface area contributed by atoms with E-state index in [9.17, 15) is 4.79 Å². The molecule has 1 fully saturated rings. The molecule has 1 saturated heterocycles. The van der Waals surface area contributed by atoms with Gasteiger partial charge in [0.2, 0.25) is 5.88 Å². The van der Waals surface area contributed by atoms with Crippen LogP contribution < -0.4 is 5.32 Å². The first-order chi connectivity index (χ1) is 12.7. The van der Waals surface area contributed by atoms with Gasteiger partial charge in [0.1, 0.15) is 11.8 Å². The maximum absolute atomic E-state index is 12.2. The van der Waals surface area contributed by atoms with Crippen LogP contribution >= 0.6 is 0 Å². The number of hydrogen-bond donors (Lipinski definition) is 1. The molecule has 26 heavy (non-hydrogen) atoms. The number of hydrogen-bond acceptors (Lipinski definition) is 5. The lowest BCUT2D eigenvalue weighted by Crippen LogP contribution is -2.32. The molecule has 2 heterocycles. The molecule has 0 bridgehead atoms. The van der Waals surface area contributed by atoms with Crippen LogP contribution in [0.25, 0.3) is 11.3 Å². The number of nitrogens with zero attached hydrogens (tertiary/aromatic N) is 1. The van der Waals surface area contributed by atoms with Gasteiger partial charge in [0.15, 0.2) is 0 Å². The van der Waals surface area contributed by atoms with Gasteiger partial charge in [0, 0.05) is 18.2 Å². The molecule has 1 aromatic carbocycles. The third kappa shape index (κ3) is 4.93. The highest BCUT2D eigenvalue weighted by Gasteiger charge is 2.20. The molecule has 0 aliphatic carbocycles. The largest absolute Gasteiger partial charge is 0.376 e. The fourth-order valence-corrected chi connectivity index (χ4v) is 2.87. The third-order valence-electron chi connectivity index (χ3n) is 4.59. The zero-order valence-corrected chi connectivity index (χ0v) is 15.4. The normalized spacial score (nSPS) is 18.5. The lowest BCUT2D eigenvalue weighted by atomic mass is 10.1. The summed E-state index contributed by atoms with van der Waals surface area (Å²) in [6, 6.07) is 9.84. The average molecular weight is 358 g/mol. The molecule has 140 valence electrons. The second kappa shape index (κ2) is 8.96. The molecular weight excluding hydrogens is 332 g/mol. The fourth-order valence-electron chi connectivity index (χ4n) is 2.87. The lowest BCUT2D eigenvalue weighted by Gasteiger charge is -2.23. The van der Waals surface area contributed by atoms with E-state index in [-0.39, 0.29) is 12.0 Å². The van der Waals surface area contributed by atoms with E-state index in [0.29, 0.717) is 18.2 Å². The van der Waals surface area contributed by atoms with E-state index in [1.165, 1.54) is 5.56 Å². The van der Waals surface area contributed by atoms with Gasteiger partial charge >= 0.3 is 0 Å². The van der Waals surface area contributed by atoms with Crippen molar-refractivity contribution in [2.75, 3.05) is 18.5 Å². The van der Waals surface area contributed by atoms with Gasteiger partial charge in [-0.3, -0.25) is 10.1 Å². The monoisotopic (exact) mass is 358 g/mol. The molecule has 3 rings (SSSR count). The van der Waals surface area contributed by atoms with Gasteiger partial charge in [0.05, 0.1) is 12.7 Å². The number of amides is 1. The molecule has 2 unspecified atom stereocenters. The maximum Gasteiger partial charge on any atom is 0.255 e. The number of nitrogens with one attached hydrogen (secondary N) is 1. The fraction of sp³-hybridized carbons (Fsp3) is 0.500. The molecule has 1 amide bonds. The Labute approximate surface area is 153 Å². The second-order valence-corrected chi connectivity index (χ2v) is 6.58. The number of anilines is 1. The highest BCUT2D eigenvalue weighted by Crippen LogP contribution is 2.22. The first kappa shape index (κ1) is 18.6. The minimum Gasteiger partial charge on any atom is -0.376 e. The van der Waals surface area contributed by atoms with Gasteiger partial charge in [-0.25, -0.2) is 0 Å². The van der Waals surface area contributed by atoms with E-state index in [1.54, 1.807) is 13.0 Å². The maximum atomic E-state index is 12.2. The minimum atomic E-state index is -0.585. The lowest BCUT2D eigenvalue weighted by molar-refractivity contribution is -0.130. The summed E-state index contributed by atoms with van der Waals surface area (Å²) in [6.45, 7) is 5.04. The highest BCUT2D eigenvalue weighted by atomic mass is 16.5. The molecule has 0 saturated carbocycles. The highest BCUT2D eigenvalue weighted by molar-refractivity contribution is 5.93. The van der Waals surface area contributed by atoms with Crippen LogP contribution in [-0.2, 0) is 20.7 Å². The summed E-state index contributed by atoms with van der Waals surface area (Å²) in [7, 11) is 0. The van der Waals surface area contributed by atoms with Crippen LogP contribution in [0.3, 0.4) is 0 Å². The van der Waals surface area contributed by atoms with Gasteiger partial charge < -0.3 is 14.0 Å². The molecule has 6 heteroatoms. The summed E-state index contributed by atoms with van der Waals surface area (Å²) in [6.07, 6.45) is 3.72. The van der Waals surface area contributed by atoms with Crippen LogP contribution in [0.5, 0.6) is 0 Å². The Morgan fingerprint density at radius 1 is 1.35 bits per heavy atom. The first-order valence-corrected chi connectivity index (χ1v) is 9.26. The van der Waals surface area contributed by atoms with Crippen molar-refractivity contribution < 1.29 is 18.8 Å². The topological polar surface area (TPSA) is 73.6 Å². The van der Waals surface area contributed by atoms with Crippen molar-refractivity contribution in [3.8, 4) is 11.3 Å². The van der Waals surface area contributed by atoms with Gasteiger partial charge in [0.25, 0.3) is 5.91 Å². The summed E-state index contributed by atoms with van der Waals surface area (Å²) < 4.78 is 16.5. The van der Waals surface area contributed by atoms with Crippen molar-refractivity contribution in [3.05, 3.63) is 35.9 Å². The molecule has 1 aliphatic rings. The summed E-state index contributed by atoms with van der Waals surface area (Å²) in [5, 5.41) is 6.73. The van der Waals surface area contributed by atoms with E-state index < -0.39 is 6.10 Å². The molecule has 6 nitrogen and oxygen atoms in total. The molecule has 2 aromatic rings. The van der Waals surface area contributed by atoms with E-state index in [2.05, 4.69) is 29.5 Å². The third-order valence-corrected chi connectivity index (χ3v) is 4.59. The Balaban J connectivity index is 1.51. The van der Waals surface area contributed by atoms with Crippen molar-refractivity contribution in [1.82, 2.24) is 5.16 Å². The van der Waals surface area contributed by atoms with Crippen molar-refractivity contribution in [2.24, 2.45) is 0 Å².